The first kappa shape index (κ1) is 13.8. The maximum absolute atomic E-state index is 12.8. The van der Waals surface area contributed by atoms with Crippen molar-refractivity contribution in [3.8, 4) is 22.9 Å². The van der Waals surface area contributed by atoms with Crippen LogP contribution in [0.5, 0.6) is 0 Å². The Morgan fingerprint density at radius 2 is 1.55 bits per heavy atom. The van der Waals surface area contributed by atoms with E-state index >= 15 is 0 Å². The van der Waals surface area contributed by atoms with Crippen LogP contribution < -0.4 is 5.56 Å². The van der Waals surface area contributed by atoms with Crippen LogP contribution in [0, 0.1) is 18.3 Å². The minimum atomic E-state index is -0.285. The van der Waals surface area contributed by atoms with Crippen LogP contribution in [0.2, 0.25) is 0 Å². The molecule has 106 valence electrons. The smallest absolute Gasteiger partial charge is 0.273 e. The summed E-state index contributed by atoms with van der Waals surface area (Å²) in [5.41, 5.74) is 3.00. The molecule has 0 aliphatic carbocycles. The molecule has 22 heavy (non-hydrogen) atoms. The SMILES string of the molecule is Cc1cc(-c2ccccc2)c(C#N)c(=O)n1-c1ccccc1. The molecule has 0 saturated heterocycles. The third-order valence-electron chi connectivity index (χ3n) is 3.60. The van der Waals surface area contributed by atoms with Gasteiger partial charge < -0.3 is 0 Å². The number of aryl methyl sites for hydroxylation is 1. The second-order valence-corrected chi connectivity index (χ2v) is 5.03. The highest BCUT2D eigenvalue weighted by atomic mass is 16.1. The molecule has 0 fully saturated rings. The number of rotatable bonds is 2. The second-order valence-electron chi connectivity index (χ2n) is 5.03. The molecule has 0 unspecified atom stereocenters. The van der Waals surface area contributed by atoms with E-state index in [-0.39, 0.29) is 11.1 Å². The van der Waals surface area contributed by atoms with Crippen molar-refractivity contribution in [2.24, 2.45) is 0 Å². The number of para-hydroxylation sites is 1. The summed E-state index contributed by atoms with van der Waals surface area (Å²) >= 11 is 0. The van der Waals surface area contributed by atoms with Gasteiger partial charge in [-0.15, -0.1) is 0 Å². The fourth-order valence-corrected chi connectivity index (χ4v) is 2.58. The number of aromatic nitrogens is 1. The fourth-order valence-electron chi connectivity index (χ4n) is 2.58. The first-order chi connectivity index (χ1) is 10.7. The number of pyridine rings is 1. The van der Waals surface area contributed by atoms with Crippen LogP contribution >= 0.6 is 0 Å². The van der Waals surface area contributed by atoms with E-state index in [1.165, 1.54) is 0 Å². The van der Waals surface area contributed by atoms with Crippen LogP contribution in [-0.2, 0) is 0 Å². The molecular formula is C19H14N2O. The van der Waals surface area contributed by atoms with Crippen molar-refractivity contribution in [1.29, 1.82) is 5.26 Å². The van der Waals surface area contributed by atoms with Gasteiger partial charge in [0, 0.05) is 16.9 Å². The Labute approximate surface area is 128 Å². The van der Waals surface area contributed by atoms with Gasteiger partial charge in [0.2, 0.25) is 0 Å². The monoisotopic (exact) mass is 286 g/mol. The molecule has 0 radical (unpaired) electrons. The van der Waals surface area contributed by atoms with Crippen molar-refractivity contribution in [3.63, 3.8) is 0 Å². The zero-order chi connectivity index (χ0) is 15.5. The first-order valence-corrected chi connectivity index (χ1v) is 7.00. The Bertz CT molecular complexity index is 904. The topological polar surface area (TPSA) is 45.8 Å². The molecule has 3 heteroatoms. The largest absolute Gasteiger partial charge is 0.280 e. The highest BCUT2D eigenvalue weighted by Gasteiger charge is 2.14. The zero-order valence-electron chi connectivity index (χ0n) is 12.2. The van der Waals surface area contributed by atoms with Gasteiger partial charge in [0.15, 0.2) is 0 Å². The fraction of sp³-hybridized carbons (Fsp3) is 0.0526. The Morgan fingerprint density at radius 3 is 2.14 bits per heavy atom. The zero-order valence-corrected chi connectivity index (χ0v) is 12.2. The van der Waals surface area contributed by atoms with Crippen molar-refractivity contribution in [3.05, 3.63) is 88.3 Å². The Morgan fingerprint density at radius 1 is 0.955 bits per heavy atom. The third-order valence-corrected chi connectivity index (χ3v) is 3.60. The van der Waals surface area contributed by atoms with Crippen molar-refractivity contribution < 1.29 is 0 Å². The molecule has 0 atom stereocenters. The van der Waals surface area contributed by atoms with Crippen LogP contribution in [0.25, 0.3) is 16.8 Å². The predicted octanol–water partition coefficient (Wildman–Crippen LogP) is 3.68. The number of hydrogen-bond donors (Lipinski definition) is 0. The maximum atomic E-state index is 12.8. The van der Waals surface area contributed by atoms with Gasteiger partial charge in [0.1, 0.15) is 11.6 Å². The summed E-state index contributed by atoms with van der Waals surface area (Å²) in [6.45, 7) is 1.88. The molecular weight excluding hydrogens is 272 g/mol. The Hall–Kier alpha value is -3.12. The summed E-state index contributed by atoms with van der Waals surface area (Å²) in [5.74, 6) is 0. The van der Waals surface area contributed by atoms with E-state index in [1.54, 1.807) is 4.57 Å². The summed E-state index contributed by atoms with van der Waals surface area (Å²) in [4.78, 5) is 12.8. The van der Waals surface area contributed by atoms with Crippen LogP contribution in [0.4, 0.5) is 0 Å². The van der Waals surface area contributed by atoms with Gasteiger partial charge >= 0.3 is 0 Å². The number of benzene rings is 2. The van der Waals surface area contributed by atoms with Crippen molar-refractivity contribution in [1.82, 2.24) is 4.57 Å². The molecule has 1 heterocycles. The number of hydrogen-bond acceptors (Lipinski definition) is 2. The molecule has 0 amide bonds. The lowest BCUT2D eigenvalue weighted by molar-refractivity contribution is 0.930. The molecule has 0 spiro atoms. The Balaban J connectivity index is 2.31. The average Bonchev–Trinajstić information content (AvgIpc) is 2.56. The van der Waals surface area contributed by atoms with Gasteiger partial charge in [-0.2, -0.15) is 5.26 Å². The number of nitriles is 1. The lowest BCUT2D eigenvalue weighted by atomic mass is 10.0. The van der Waals surface area contributed by atoms with E-state index in [0.717, 1.165) is 16.9 Å². The molecule has 0 saturated carbocycles. The maximum Gasteiger partial charge on any atom is 0.273 e. The van der Waals surface area contributed by atoms with E-state index in [2.05, 4.69) is 6.07 Å². The lowest BCUT2D eigenvalue weighted by Crippen LogP contribution is -2.23. The molecule has 3 rings (SSSR count). The first-order valence-electron chi connectivity index (χ1n) is 7.00. The van der Waals surface area contributed by atoms with Gasteiger partial charge in [-0.3, -0.25) is 9.36 Å². The van der Waals surface area contributed by atoms with Gasteiger partial charge in [0.05, 0.1) is 0 Å². The van der Waals surface area contributed by atoms with Gasteiger partial charge in [-0.25, -0.2) is 0 Å². The molecule has 3 nitrogen and oxygen atoms in total. The predicted molar refractivity (Wildman–Crippen MR) is 86.9 cm³/mol. The van der Waals surface area contributed by atoms with Gasteiger partial charge in [-0.1, -0.05) is 48.5 Å². The second kappa shape index (κ2) is 5.71. The van der Waals surface area contributed by atoms with Crippen molar-refractivity contribution in [2.75, 3.05) is 0 Å². The van der Waals surface area contributed by atoms with E-state index < -0.39 is 0 Å². The van der Waals surface area contributed by atoms with Gasteiger partial charge in [0.25, 0.3) is 5.56 Å². The number of nitrogens with zero attached hydrogens (tertiary/aromatic N) is 2. The summed E-state index contributed by atoms with van der Waals surface area (Å²) in [5, 5.41) is 9.46. The lowest BCUT2D eigenvalue weighted by Gasteiger charge is -2.13. The summed E-state index contributed by atoms with van der Waals surface area (Å²) in [6.07, 6.45) is 0. The minimum Gasteiger partial charge on any atom is -0.280 e. The highest BCUT2D eigenvalue weighted by molar-refractivity contribution is 5.70. The van der Waals surface area contributed by atoms with Gasteiger partial charge in [-0.05, 0) is 30.7 Å². The van der Waals surface area contributed by atoms with E-state index in [1.807, 2.05) is 73.7 Å². The molecule has 3 aromatic rings. The van der Waals surface area contributed by atoms with Crippen LogP contribution in [0.15, 0.2) is 71.5 Å². The quantitative estimate of drug-likeness (QED) is 0.721. The van der Waals surface area contributed by atoms with Crippen molar-refractivity contribution >= 4 is 0 Å². The average molecular weight is 286 g/mol. The third kappa shape index (κ3) is 2.32. The summed E-state index contributed by atoms with van der Waals surface area (Å²) in [6, 6.07) is 22.8. The normalized spacial score (nSPS) is 10.2. The minimum absolute atomic E-state index is 0.167. The van der Waals surface area contributed by atoms with E-state index in [4.69, 9.17) is 0 Å². The molecule has 0 aliphatic heterocycles. The molecule has 0 bridgehead atoms. The van der Waals surface area contributed by atoms with Crippen LogP contribution in [0.1, 0.15) is 11.3 Å². The molecule has 1 aromatic heterocycles. The Kier molecular flexibility index (Phi) is 3.59. The molecule has 0 N–H and O–H groups in total. The van der Waals surface area contributed by atoms with Crippen LogP contribution in [-0.4, -0.2) is 4.57 Å². The molecule has 0 aliphatic rings. The van der Waals surface area contributed by atoms with E-state index in [0.29, 0.717) is 5.56 Å². The van der Waals surface area contributed by atoms with Crippen molar-refractivity contribution in [2.45, 2.75) is 6.92 Å². The molecule has 2 aromatic carbocycles. The highest BCUT2D eigenvalue weighted by Crippen LogP contribution is 2.23. The standard InChI is InChI=1S/C19H14N2O/c1-14-12-17(15-8-4-2-5-9-15)18(13-20)19(22)21(14)16-10-6-3-7-11-16/h2-12H,1H3. The van der Waals surface area contributed by atoms with Crippen LogP contribution in [0.3, 0.4) is 0 Å². The summed E-state index contributed by atoms with van der Waals surface area (Å²) in [7, 11) is 0. The van der Waals surface area contributed by atoms with E-state index in [9.17, 15) is 10.1 Å². The summed E-state index contributed by atoms with van der Waals surface area (Å²) < 4.78 is 1.57.